The molecule has 0 spiro atoms. The molecule has 0 aliphatic heterocycles. The average molecular weight is 613 g/mol. The molecule has 0 radical (unpaired) electrons. The highest BCUT2D eigenvalue weighted by molar-refractivity contribution is 6.19. The van der Waals surface area contributed by atoms with Crippen LogP contribution in [0.5, 0.6) is 0 Å². The van der Waals surface area contributed by atoms with Crippen LogP contribution in [0.1, 0.15) is 11.1 Å². The fourth-order valence-corrected chi connectivity index (χ4v) is 6.97. The smallest absolute Gasteiger partial charge is 0.136 e. The fraction of sp³-hybridized carbons (Fsp3) is 0. The third-order valence-electron chi connectivity index (χ3n) is 9.16. The number of hydrogen-bond donors (Lipinski definition) is 0. The predicted octanol–water partition coefficient (Wildman–Crippen LogP) is 11.9. The molecule has 0 saturated carbocycles. The van der Waals surface area contributed by atoms with Crippen LogP contribution >= 0.6 is 0 Å². The highest BCUT2D eigenvalue weighted by Gasteiger charge is 2.20. The molecule has 0 atom stereocenters. The number of nitriles is 2. The second kappa shape index (κ2) is 10.9. The summed E-state index contributed by atoms with van der Waals surface area (Å²) < 4.78 is 12.8. The molecule has 48 heavy (non-hydrogen) atoms. The Morgan fingerprint density at radius 1 is 0.375 bits per heavy atom. The van der Waals surface area contributed by atoms with Gasteiger partial charge in [-0.25, -0.2) is 0 Å². The summed E-state index contributed by atoms with van der Waals surface area (Å²) in [5.41, 5.74) is 12.1. The van der Waals surface area contributed by atoms with Crippen molar-refractivity contribution in [1.29, 1.82) is 10.5 Å². The normalized spacial score (nSPS) is 11.3. The molecule has 2 aromatic heterocycles. The second-order valence-electron chi connectivity index (χ2n) is 11.9. The molecule has 9 rings (SSSR count). The third kappa shape index (κ3) is 4.29. The minimum atomic E-state index is 0.591. The largest absolute Gasteiger partial charge is 0.456 e. The standard InChI is InChI=1S/C44H24N2O2/c45-25-27-17-20-39-37(21-27)44-33(14-8-16-41(44)47-39)32-13-7-15-40-43(32)34-19-18-30(24-42(34)48-40)31-22-35(28-9-3-1-4-10-28)38(26-46)36(23-31)29-11-5-2-6-12-29/h1-24H. The summed E-state index contributed by atoms with van der Waals surface area (Å²) in [6.07, 6.45) is 0. The van der Waals surface area contributed by atoms with E-state index in [2.05, 4.69) is 54.6 Å². The maximum absolute atomic E-state index is 10.4. The first-order valence-corrected chi connectivity index (χ1v) is 15.7. The van der Waals surface area contributed by atoms with Gasteiger partial charge in [-0.1, -0.05) is 91.0 Å². The van der Waals surface area contributed by atoms with Gasteiger partial charge >= 0.3 is 0 Å². The van der Waals surface area contributed by atoms with Crippen LogP contribution in [0.25, 0.3) is 88.4 Å². The fourth-order valence-electron chi connectivity index (χ4n) is 6.97. The summed E-state index contributed by atoms with van der Waals surface area (Å²) in [4.78, 5) is 0. The van der Waals surface area contributed by atoms with Gasteiger partial charge in [-0.2, -0.15) is 10.5 Å². The number of benzene rings is 7. The molecule has 7 aromatic carbocycles. The number of rotatable bonds is 4. The van der Waals surface area contributed by atoms with Crippen molar-refractivity contribution in [3.63, 3.8) is 0 Å². The zero-order valence-corrected chi connectivity index (χ0v) is 25.6. The van der Waals surface area contributed by atoms with E-state index < -0.39 is 0 Å². The van der Waals surface area contributed by atoms with Gasteiger partial charge in [-0.05, 0) is 88.0 Å². The number of fused-ring (bicyclic) bond motifs is 6. The molecule has 0 unspecified atom stereocenters. The maximum Gasteiger partial charge on any atom is 0.136 e. The van der Waals surface area contributed by atoms with Crippen molar-refractivity contribution in [3.8, 4) is 56.6 Å². The topological polar surface area (TPSA) is 73.9 Å². The van der Waals surface area contributed by atoms with Crippen molar-refractivity contribution in [2.45, 2.75) is 0 Å². The van der Waals surface area contributed by atoms with E-state index >= 15 is 0 Å². The number of hydrogen-bond acceptors (Lipinski definition) is 4. The highest BCUT2D eigenvalue weighted by Crippen LogP contribution is 2.44. The van der Waals surface area contributed by atoms with E-state index in [1.54, 1.807) is 6.07 Å². The van der Waals surface area contributed by atoms with Gasteiger partial charge in [-0.3, -0.25) is 0 Å². The molecular formula is C44H24N2O2. The number of nitrogens with zero attached hydrogens (tertiary/aromatic N) is 2. The molecule has 222 valence electrons. The Bertz CT molecular complexity index is 2730. The highest BCUT2D eigenvalue weighted by atomic mass is 16.3. The van der Waals surface area contributed by atoms with Gasteiger partial charge in [0, 0.05) is 32.7 Å². The van der Waals surface area contributed by atoms with Crippen molar-refractivity contribution in [2.75, 3.05) is 0 Å². The van der Waals surface area contributed by atoms with Crippen LogP contribution in [0.15, 0.2) is 154 Å². The lowest BCUT2D eigenvalue weighted by Gasteiger charge is -2.14. The van der Waals surface area contributed by atoms with Crippen LogP contribution in [0, 0.1) is 22.7 Å². The molecule has 0 aliphatic rings. The second-order valence-corrected chi connectivity index (χ2v) is 11.9. The van der Waals surface area contributed by atoms with Crippen LogP contribution in [0.3, 0.4) is 0 Å². The minimum absolute atomic E-state index is 0.591. The molecule has 4 nitrogen and oxygen atoms in total. The van der Waals surface area contributed by atoms with Crippen molar-refractivity contribution in [3.05, 3.63) is 157 Å². The zero-order chi connectivity index (χ0) is 32.2. The van der Waals surface area contributed by atoms with Crippen LogP contribution in [-0.4, -0.2) is 0 Å². The molecule has 9 aromatic rings. The maximum atomic E-state index is 10.4. The van der Waals surface area contributed by atoms with E-state index in [4.69, 9.17) is 8.83 Å². The molecule has 2 heterocycles. The molecule has 0 fully saturated rings. The van der Waals surface area contributed by atoms with E-state index in [1.807, 2.05) is 97.1 Å². The first-order valence-electron chi connectivity index (χ1n) is 15.7. The van der Waals surface area contributed by atoms with Gasteiger partial charge in [0.2, 0.25) is 0 Å². The summed E-state index contributed by atoms with van der Waals surface area (Å²) in [5.74, 6) is 0. The molecule has 0 saturated heterocycles. The van der Waals surface area contributed by atoms with Crippen molar-refractivity contribution >= 4 is 43.9 Å². The van der Waals surface area contributed by atoms with E-state index in [0.29, 0.717) is 11.1 Å². The van der Waals surface area contributed by atoms with Gasteiger partial charge in [0.15, 0.2) is 0 Å². The molecule has 0 bridgehead atoms. The van der Waals surface area contributed by atoms with Crippen molar-refractivity contribution < 1.29 is 8.83 Å². The Morgan fingerprint density at radius 3 is 1.58 bits per heavy atom. The van der Waals surface area contributed by atoms with Crippen molar-refractivity contribution in [2.24, 2.45) is 0 Å². The monoisotopic (exact) mass is 612 g/mol. The SMILES string of the molecule is N#Cc1ccc2oc3cccc(-c4cccc5oc6cc(-c7cc(-c8ccccc8)c(C#N)c(-c8ccccc8)c7)ccc6c45)c3c2c1. The lowest BCUT2D eigenvalue weighted by molar-refractivity contribution is 0.668. The molecule has 0 N–H and O–H groups in total. The van der Waals surface area contributed by atoms with Crippen LogP contribution in [0.2, 0.25) is 0 Å². The lowest BCUT2D eigenvalue weighted by Crippen LogP contribution is -1.92. The summed E-state index contributed by atoms with van der Waals surface area (Å²) in [7, 11) is 0. The summed E-state index contributed by atoms with van der Waals surface area (Å²) in [6, 6.07) is 53.2. The molecular weight excluding hydrogens is 588 g/mol. The average Bonchev–Trinajstić information content (AvgIpc) is 3.72. The minimum Gasteiger partial charge on any atom is -0.456 e. The third-order valence-corrected chi connectivity index (χ3v) is 9.16. The summed E-state index contributed by atoms with van der Waals surface area (Å²) >= 11 is 0. The quantitative estimate of drug-likeness (QED) is 0.198. The van der Waals surface area contributed by atoms with Crippen molar-refractivity contribution in [1.82, 2.24) is 0 Å². The Labute approximate surface area is 275 Å². The first-order chi connectivity index (χ1) is 23.7. The van der Waals surface area contributed by atoms with E-state index in [-0.39, 0.29) is 0 Å². The Hall–Kier alpha value is -6.88. The first kappa shape index (κ1) is 27.4. The van der Waals surface area contributed by atoms with E-state index in [0.717, 1.165) is 88.4 Å². The van der Waals surface area contributed by atoms with Gasteiger partial charge in [0.25, 0.3) is 0 Å². The summed E-state index contributed by atoms with van der Waals surface area (Å²) in [6.45, 7) is 0. The molecule has 4 heteroatoms. The Balaban J connectivity index is 1.26. The Morgan fingerprint density at radius 2 is 0.979 bits per heavy atom. The van der Waals surface area contributed by atoms with Gasteiger partial charge in [0.1, 0.15) is 28.4 Å². The lowest BCUT2D eigenvalue weighted by atomic mass is 9.88. The van der Waals surface area contributed by atoms with Gasteiger partial charge in [-0.15, -0.1) is 0 Å². The number of furan rings is 2. The van der Waals surface area contributed by atoms with Crippen LogP contribution in [0.4, 0.5) is 0 Å². The van der Waals surface area contributed by atoms with Gasteiger partial charge < -0.3 is 8.83 Å². The van der Waals surface area contributed by atoms with E-state index in [9.17, 15) is 10.5 Å². The predicted molar refractivity (Wildman–Crippen MR) is 192 cm³/mol. The van der Waals surface area contributed by atoms with Gasteiger partial charge in [0.05, 0.1) is 17.2 Å². The zero-order valence-electron chi connectivity index (χ0n) is 25.6. The van der Waals surface area contributed by atoms with Crippen LogP contribution in [-0.2, 0) is 0 Å². The van der Waals surface area contributed by atoms with E-state index in [1.165, 1.54) is 0 Å². The molecule has 0 amide bonds. The molecule has 0 aliphatic carbocycles. The Kier molecular flexibility index (Phi) is 6.22. The summed E-state index contributed by atoms with van der Waals surface area (Å²) in [5, 5.41) is 23.9. The van der Waals surface area contributed by atoms with Crippen LogP contribution < -0.4 is 0 Å².